The van der Waals surface area contributed by atoms with Gasteiger partial charge in [-0.2, -0.15) is 0 Å². The van der Waals surface area contributed by atoms with E-state index in [1.165, 1.54) is 13.2 Å². The standard InChI is InChI=1S/C7H7BF2O2/c1-12-8(11)5-2-3-6(9)7(10)4-5/h2-4,11H,1H3. The molecule has 5 heteroatoms. The predicted molar refractivity (Wildman–Crippen MR) is 41.0 cm³/mol. The van der Waals surface area contributed by atoms with E-state index in [9.17, 15) is 8.78 Å². The van der Waals surface area contributed by atoms with E-state index in [-0.39, 0.29) is 5.46 Å². The lowest BCUT2D eigenvalue weighted by molar-refractivity contribution is 0.341. The Morgan fingerprint density at radius 1 is 1.33 bits per heavy atom. The van der Waals surface area contributed by atoms with Gasteiger partial charge in [0.25, 0.3) is 0 Å². The van der Waals surface area contributed by atoms with Crippen molar-refractivity contribution in [3.05, 3.63) is 29.8 Å². The molecule has 0 aliphatic rings. The van der Waals surface area contributed by atoms with Crippen LogP contribution in [-0.4, -0.2) is 19.3 Å². The highest BCUT2D eigenvalue weighted by Crippen LogP contribution is 2.01. The average Bonchev–Trinajstić information content (AvgIpc) is 2.08. The molecule has 1 rings (SSSR count). The Morgan fingerprint density at radius 3 is 2.50 bits per heavy atom. The van der Waals surface area contributed by atoms with Crippen molar-refractivity contribution in [1.82, 2.24) is 0 Å². The second kappa shape index (κ2) is 3.64. The number of hydrogen-bond acceptors (Lipinski definition) is 2. The van der Waals surface area contributed by atoms with Gasteiger partial charge in [0.1, 0.15) is 0 Å². The molecule has 64 valence electrons. The van der Waals surface area contributed by atoms with Gasteiger partial charge in [-0.25, -0.2) is 8.78 Å². The Balaban J connectivity index is 2.96. The largest absolute Gasteiger partial charge is 0.491 e. The average molecular weight is 172 g/mol. The van der Waals surface area contributed by atoms with Gasteiger partial charge < -0.3 is 9.68 Å². The second-order valence-electron chi connectivity index (χ2n) is 2.26. The number of halogens is 2. The molecule has 1 aromatic rings. The van der Waals surface area contributed by atoms with Crippen LogP contribution in [0, 0.1) is 11.6 Å². The molecule has 12 heavy (non-hydrogen) atoms. The molecule has 0 heterocycles. The first-order valence-electron chi connectivity index (χ1n) is 3.31. The van der Waals surface area contributed by atoms with E-state index in [4.69, 9.17) is 5.02 Å². The summed E-state index contributed by atoms with van der Waals surface area (Å²) >= 11 is 0. The first kappa shape index (κ1) is 9.16. The fourth-order valence-electron chi connectivity index (χ4n) is 0.802. The Kier molecular flexibility index (Phi) is 2.78. The molecule has 0 spiro atoms. The zero-order valence-corrected chi connectivity index (χ0v) is 6.42. The fraction of sp³-hybridized carbons (Fsp3) is 0.143. The molecule has 1 aromatic carbocycles. The Bertz CT molecular complexity index is 280. The van der Waals surface area contributed by atoms with E-state index in [2.05, 4.69) is 4.65 Å². The molecule has 0 aliphatic heterocycles. The van der Waals surface area contributed by atoms with Crippen LogP contribution in [0.2, 0.25) is 0 Å². The Morgan fingerprint density at radius 2 is 2.00 bits per heavy atom. The summed E-state index contributed by atoms with van der Waals surface area (Å²) in [6.07, 6.45) is 0. The summed E-state index contributed by atoms with van der Waals surface area (Å²) in [4.78, 5) is 0. The van der Waals surface area contributed by atoms with Crippen molar-refractivity contribution in [2.75, 3.05) is 7.11 Å². The van der Waals surface area contributed by atoms with Gasteiger partial charge in [0, 0.05) is 7.11 Å². The van der Waals surface area contributed by atoms with Gasteiger partial charge >= 0.3 is 7.12 Å². The minimum atomic E-state index is -1.21. The third-order valence-corrected chi connectivity index (χ3v) is 1.45. The van der Waals surface area contributed by atoms with E-state index < -0.39 is 18.8 Å². The van der Waals surface area contributed by atoms with Gasteiger partial charge in [-0.15, -0.1) is 0 Å². The summed E-state index contributed by atoms with van der Waals surface area (Å²) in [7, 11) is 0.0615. The van der Waals surface area contributed by atoms with E-state index in [0.717, 1.165) is 12.1 Å². The fourth-order valence-corrected chi connectivity index (χ4v) is 0.802. The molecule has 0 atom stereocenters. The molecule has 0 saturated heterocycles. The van der Waals surface area contributed by atoms with Crippen LogP contribution in [-0.2, 0) is 4.65 Å². The van der Waals surface area contributed by atoms with E-state index >= 15 is 0 Å². The molecule has 0 aromatic heterocycles. The summed E-state index contributed by atoms with van der Waals surface area (Å²) in [5, 5.41) is 9.03. The summed E-state index contributed by atoms with van der Waals surface area (Å²) in [6.45, 7) is 0. The number of benzene rings is 1. The van der Waals surface area contributed by atoms with Gasteiger partial charge in [0.2, 0.25) is 0 Å². The molecule has 0 unspecified atom stereocenters. The minimum Gasteiger partial charge on any atom is -0.423 e. The summed E-state index contributed by atoms with van der Waals surface area (Å²) in [5.41, 5.74) is 0.191. The van der Waals surface area contributed by atoms with Crippen LogP contribution in [0.3, 0.4) is 0 Å². The second-order valence-corrected chi connectivity index (χ2v) is 2.26. The van der Waals surface area contributed by atoms with Crippen LogP contribution < -0.4 is 5.46 Å². The quantitative estimate of drug-likeness (QED) is 0.650. The van der Waals surface area contributed by atoms with Crippen LogP contribution in [0.1, 0.15) is 0 Å². The highest BCUT2D eigenvalue weighted by Gasteiger charge is 2.15. The SMILES string of the molecule is COB(O)c1ccc(F)c(F)c1. The van der Waals surface area contributed by atoms with Crippen LogP contribution in [0.15, 0.2) is 18.2 Å². The van der Waals surface area contributed by atoms with Crippen LogP contribution >= 0.6 is 0 Å². The topological polar surface area (TPSA) is 29.5 Å². The molecular weight excluding hydrogens is 165 g/mol. The first-order chi connectivity index (χ1) is 5.65. The molecule has 2 nitrogen and oxygen atoms in total. The Labute approximate surface area is 68.9 Å². The summed E-state index contributed by atoms with van der Waals surface area (Å²) < 4.78 is 29.4. The van der Waals surface area contributed by atoms with Gasteiger partial charge in [-0.05, 0) is 17.6 Å². The van der Waals surface area contributed by atoms with Gasteiger partial charge in [-0.1, -0.05) is 6.07 Å². The highest BCUT2D eigenvalue weighted by atomic mass is 19.2. The van der Waals surface area contributed by atoms with E-state index in [1.54, 1.807) is 0 Å². The monoisotopic (exact) mass is 172 g/mol. The van der Waals surface area contributed by atoms with Crippen LogP contribution in [0.25, 0.3) is 0 Å². The number of hydrogen-bond donors (Lipinski definition) is 1. The Hall–Kier alpha value is -0.935. The predicted octanol–water partition coefficient (Wildman–Crippen LogP) is 0.299. The van der Waals surface area contributed by atoms with Gasteiger partial charge in [0.05, 0.1) is 0 Å². The maximum atomic E-state index is 12.5. The van der Waals surface area contributed by atoms with Crippen molar-refractivity contribution < 1.29 is 18.5 Å². The normalized spacial score (nSPS) is 10.0. The van der Waals surface area contributed by atoms with Crippen molar-refractivity contribution in [3.63, 3.8) is 0 Å². The number of rotatable bonds is 2. The summed E-state index contributed by atoms with van der Waals surface area (Å²) in [5.74, 6) is -1.94. The van der Waals surface area contributed by atoms with Crippen LogP contribution in [0.4, 0.5) is 8.78 Å². The third-order valence-electron chi connectivity index (χ3n) is 1.45. The molecule has 0 bridgehead atoms. The lowest BCUT2D eigenvalue weighted by Gasteiger charge is -2.03. The van der Waals surface area contributed by atoms with Crippen molar-refractivity contribution >= 4 is 12.6 Å². The first-order valence-corrected chi connectivity index (χ1v) is 3.31. The zero-order chi connectivity index (χ0) is 9.14. The zero-order valence-electron chi connectivity index (χ0n) is 6.42. The molecule has 1 N–H and O–H groups in total. The van der Waals surface area contributed by atoms with Gasteiger partial charge in [-0.3, -0.25) is 0 Å². The summed E-state index contributed by atoms with van der Waals surface area (Å²) in [6, 6.07) is 3.09. The third kappa shape index (κ3) is 1.81. The van der Waals surface area contributed by atoms with E-state index in [1.807, 2.05) is 0 Å². The smallest absolute Gasteiger partial charge is 0.423 e. The maximum Gasteiger partial charge on any atom is 0.491 e. The van der Waals surface area contributed by atoms with Gasteiger partial charge in [0.15, 0.2) is 11.6 Å². The molecule has 0 radical (unpaired) electrons. The van der Waals surface area contributed by atoms with Crippen molar-refractivity contribution in [1.29, 1.82) is 0 Å². The molecular formula is C7H7BF2O2. The van der Waals surface area contributed by atoms with Crippen molar-refractivity contribution in [2.45, 2.75) is 0 Å². The molecule has 0 amide bonds. The van der Waals surface area contributed by atoms with Crippen molar-refractivity contribution in [3.8, 4) is 0 Å². The lowest BCUT2D eigenvalue weighted by Crippen LogP contribution is -2.32. The molecule has 0 saturated carbocycles. The van der Waals surface area contributed by atoms with Crippen molar-refractivity contribution in [2.24, 2.45) is 0 Å². The minimum absolute atomic E-state index is 0.191. The van der Waals surface area contributed by atoms with E-state index in [0.29, 0.717) is 0 Å². The molecule has 0 fully saturated rings. The maximum absolute atomic E-state index is 12.5. The molecule has 0 aliphatic carbocycles. The lowest BCUT2D eigenvalue weighted by atomic mass is 9.80. The highest BCUT2D eigenvalue weighted by molar-refractivity contribution is 6.59. The van der Waals surface area contributed by atoms with Crippen LogP contribution in [0.5, 0.6) is 0 Å².